The highest BCUT2D eigenvalue weighted by molar-refractivity contribution is 6.30. The molecule has 9 rings (SSSR count). The van der Waals surface area contributed by atoms with Crippen LogP contribution < -0.4 is 26.2 Å². The molecular formula is C40H37ClN12O6. The number of amides is 5. The highest BCUT2D eigenvalue weighted by atomic mass is 35.5. The third-order valence-electron chi connectivity index (χ3n) is 9.39. The zero-order valence-electron chi connectivity index (χ0n) is 32.1. The zero-order chi connectivity index (χ0) is 41.6. The van der Waals surface area contributed by atoms with Crippen molar-refractivity contribution in [1.82, 2.24) is 39.8 Å². The molecule has 0 spiro atoms. The molecule has 5 aromatic rings. The van der Waals surface area contributed by atoms with E-state index in [1.54, 1.807) is 66.7 Å². The van der Waals surface area contributed by atoms with Crippen LogP contribution in [0, 0.1) is 11.3 Å². The van der Waals surface area contributed by atoms with Gasteiger partial charge in [0.2, 0.25) is 11.8 Å². The second-order valence-electron chi connectivity index (χ2n) is 15.4. The van der Waals surface area contributed by atoms with Gasteiger partial charge in [0.05, 0.1) is 36.5 Å². The van der Waals surface area contributed by atoms with Crippen LogP contribution >= 0.6 is 11.6 Å². The molecule has 0 unspecified atom stereocenters. The summed E-state index contributed by atoms with van der Waals surface area (Å²) in [5, 5.41) is 29.5. The van der Waals surface area contributed by atoms with Gasteiger partial charge in [-0.05, 0) is 70.7 Å². The number of aromatic nitrogens is 6. The van der Waals surface area contributed by atoms with Crippen LogP contribution in [0.3, 0.4) is 0 Å². The van der Waals surface area contributed by atoms with Crippen molar-refractivity contribution in [3.05, 3.63) is 81.8 Å². The van der Waals surface area contributed by atoms with Crippen molar-refractivity contribution in [3.63, 3.8) is 0 Å². The molecule has 4 aromatic heterocycles. The number of carbonyl (C=O) groups is 5. The smallest absolute Gasteiger partial charge is 0.416 e. The van der Waals surface area contributed by atoms with Gasteiger partial charge in [-0.3, -0.25) is 34.7 Å². The van der Waals surface area contributed by atoms with E-state index in [9.17, 15) is 29.2 Å². The predicted octanol–water partition coefficient (Wildman–Crippen LogP) is 5.07. The van der Waals surface area contributed by atoms with E-state index in [1.807, 2.05) is 18.2 Å². The highest BCUT2D eigenvalue weighted by Crippen LogP contribution is 2.35. The average molecular weight is 817 g/mol. The molecule has 2 aliphatic carbocycles. The molecule has 18 nitrogen and oxygen atoms in total. The van der Waals surface area contributed by atoms with Gasteiger partial charge in [-0.15, -0.1) is 0 Å². The summed E-state index contributed by atoms with van der Waals surface area (Å²) in [7, 11) is 0. The first-order valence-electron chi connectivity index (χ1n) is 18.8. The number of benzene rings is 1. The van der Waals surface area contributed by atoms with Crippen LogP contribution in [0.5, 0.6) is 0 Å². The number of fused-ring (bicyclic) bond motifs is 2. The Morgan fingerprint density at radius 2 is 1.53 bits per heavy atom. The molecule has 4 aliphatic rings. The van der Waals surface area contributed by atoms with Gasteiger partial charge in [0.15, 0.2) is 11.3 Å². The van der Waals surface area contributed by atoms with Gasteiger partial charge in [-0.2, -0.15) is 24.5 Å². The molecule has 59 heavy (non-hydrogen) atoms. The minimum absolute atomic E-state index is 0.00393. The van der Waals surface area contributed by atoms with Crippen molar-refractivity contribution < 1.29 is 28.7 Å². The largest absolute Gasteiger partial charge is 0.443 e. The van der Waals surface area contributed by atoms with Gasteiger partial charge in [0.1, 0.15) is 34.3 Å². The van der Waals surface area contributed by atoms with E-state index in [4.69, 9.17) is 16.3 Å². The van der Waals surface area contributed by atoms with Gasteiger partial charge < -0.3 is 15.4 Å². The van der Waals surface area contributed by atoms with Crippen molar-refractivity contribution in [2.75, 3.05) is 15.5 Å². The number of nitrogens with zero attached hydrogens (tertiary/aromatic N) is 8. The number of halogens is 1. The first kappa shape index (κ1) is 38.7. The first-order valence-corrected chi connectivity index (χ1v) is 19.2. The lowest BCUT2D eigenvalue weighted by molar-refractivity contribution is -0.125. The number of nitrogens with one attached hydrogen (secondary N) is 4. The molecule has 4 fully saturated rings. The molecule has 1 aromatic carbocycles. The van der Waals surface area contributed by atoms with Crippen LogP contribution in [0.2, 0.25) is 5.15 Å². The van der Waals surface area contributed by atoms with E-state index >= 15 is 0 Å². The number of anilines is 4. The molecule has 19 heteroatoms. The Morgan fingerprint density at radius 1 is 0.915 bits per heavy atom. The lowest BCUT2D eigenvalue weighted by atomic mass is 10.1. The number of hydrogen-bond donors (Lipinski definition) is 4. The topological polar surface area (TPSA) is 230 Å². The molecule has 6 heterocycles. The van der Waals surface area contributed by atoms with E-state index in [-0.39, 0.29) is 35.9 Å². The number of ether oxygens (including phenoxy) is 1. The van der Waals surface area contributed by atoms with E-state index in [1.165, 1.54) is 10.7 Å². The quantitative estimate of drug-likeness (QED) is 0.0913. The Hall–Kier alpha value is -7.13. The van der Waals surface area contributed by atoms with E-state index < -0.39 is 23.5 Å². The molecular weight excluding hydrogens is 780 g/mol. The highest BCUT2D eigenvalue weighted by Gasteiger charge is 2.38. The maximum Gasteiger partial charge on any atom is 0.416 e. The SMILES string of the molecule is CC(C)(C)OC(=O)N(c1cc(Cl)nc2c(/C=C3\CC(=O)NC3=O)cnn12)C1CC1.N#Cc1ccccc1Nc1cc(NC2CC2)n2ncc(/C=C3\CC(=O)NC3=O)c2n1. The fraction of sp³-hybridized carbons (Fsp3) is 0.300. The summed E-state index contributed by atoms with van der Waals surface area (Å²) in [6.45, 7) is 5.41. The summed E-state index contributed by atoms with van der Waals surface area (Å²) in [5.41, 5.74) is 3.27. The number of carbonyl (C=O) groups excluding carboxylic acids is 5. The monoisotopic (exact) mass is 816 g/mol. The lowest BCUT2D eigenvalue weighted by Gasteiger charge is -2.27. The van der Waals surface area contributed by atoms with Gasteiger partial charge in [0, 0.05) is 46.5 Å². The molecule has 5 amide bonds. The molecule has 2 saturated heterocycles. The Bertz CT molecular complexity index is 2700. The van der Waals surface area contributed by atoms with Crippen molar-refractivity contribution in [2.45, 2.75) is 77.0 Å². The minimum atomic E-state index is -0.651. The standard InChI is InChI=1S/C21H17N7O2.C19H20ClN5O4/c22-10-12-3-1-2-4-16(12)25-17-9-18(24-15-5-6-15)28-20(26-17)14(11-23-28)7-13-8-19(29)27-21(13)30;1-19(2,3)29-18(28)24(12-4-5-12)15-8-13(20)22-16-11(9-21-25(15)16)6-10-7-14(26)23-17(10)27/h1-4,7,9,11,15,24H,5-6,8H2,(H,25,26)(H,27,29,30);6,8-9,12H,4-5,7H2,1-3H3,(H,23,26,27)/b13-7+;10-6+. The fourth-order valence-corrected chi connectivity index (χ4v) is 6.59. The van der Waals surface area contributed by atoms with Crippen LogP contribution in [-0.4, -0.2) is 76.6 Å². The summed E-state index contributed by atoms with van der Waals surface area (Å²) >= 11 is 6.24. The fourth-order valence-electron chi connectivity index (χ4n) is 6.41. The van der Waals surface area contributed by atoms with Gasteiger partial charge in [-0.1, -0.05) is 23.7 Å². The number of para-hydroxylation sites is 1. The Kier molecular flexibility index (Phi) is 10.1. The molecule has 4 N–H and O–H groups in total. The van der Waals surface area contributed by atoms with Crippen LogP contribution in [0.1, 0.15) is 76.0 Å². The third kappa shape index (κ3) is 8.60. The van der Waals surface area contributed by atoms with E-state index in [0.717, 1.165) is 31.5 Å². The number of hydrogen-bond acceptors (Lipinski definition) is 13. The second kappa shape index (κ2) is 15.3. The second-order valence-corrected chi connectivity index (χ2v) is 15.8. The minimum Gasteiger partial charge on any atom is -0.443 e. The van der Waals surface area contributed by atoms with Gasteiger partial charge >= 0.3 is 6.09 Å². The van der Waals surface area contributed by atoms with Crippen LogP contribution in [0.15, 0.2) is 59.9 Å². The number of imide groups is 2. The Labute approximate surface area is 341 Å². The normalized spacial score (nSPS) is 17.8. The number of nitriles is 1. The molecule has 2 saturated carbocycles. The summed E-state index contributed by atoms with van der Waals surface area (Å²) in [5.74, 6) is 0.235. The van der Waals surface area contributed by atoms with Crippen molar-refractivity contribution in [2.24, 2.45) is 0 Å². The molecule has 300 valence electrons. The lowest BCUT2D eigenvalue weighted by Crippen LogP contribution is -2.39. The van der Waals surface area contributed by atoms with Crippen LogP contribution in [0.4, 0.5) is 27.9 Å². The van der Waals surface area contributed by atoms with Crippen molar-refractivity contribution in [3.8, 4) is 6.07 Å². The zero-order valence-corrected chi connectivity index (χ0v) is 32.8. The van der Waals surface area contributed by atoms with Crippen LogP contribution in [0.25, 0.3) is 23.4 Å². The summed E-state index contributed by atoms with van der Waals surface area (Å²) in [6, 6.07) is 13.1. The first-order chi connectivity index (χ1) is 28.2. The predicted molar refractivity (Wildman–Crippen MR) is 215 cm³/mol. The average Bonchev–Trinajstić information content (AvgIpc) is 4.04. The van der Waals surface area contributed by atoms with E-state index in [0.29, 0.717) is 62.5 Å². The van der Waals surface area contributed by atoms with Gasteiger partial charge in [-0.25, -0.2) is 14.8 Å². The van der Waals surface area contributed by atoms with Crippen LogP contribution in [-0.2, 0) is 23.9 Å². The van der Waals surface area contributed by atoms with E-state index in [2.05, 4.69) is 47.5 Å². The molecule has 2 aliphatic heterocycles. The van der Waals surface area contributed by atoms with Crippen molar-refractivity contribution >= 4 is 87.9 Å². The summed E-state index contributed by atoms with van der Waals surface area (Å²) < 4.78 is 8.74. The van der Waals surface area contributed by atoms with Gasteiger partial charge in [0.25, 0.3) is 11.8 Å². The molecule has 0 atom stereocenters. The van der Waals surface area contributed by atoms with Crippen molar-refractivity contribution in [1.29, 1.82) is 5.26 Å². The Morgan fingerprint density at radius 3 is 2.08 bits per heavy atom. The maximum atomic E-state index is 12.9. The summed E-state index contributed by atoms with van der Waals surface area (Å²) in [6.07, 6.45) is 9.76. The summed E-state index contributed by atoms with van der Waals surface area (Å²) in [4.78, 5) is 70.1. The molecule has 0 radical (unpaired) electrons. The third-order valence-corrected chi connectivity index (χ3v) is 9.58. The Balaban J connectivity index is 0.000000164. The number of rotatable bonds is 8. The molecule has 0 bridgehead atoms. The maximum absolute atomic E-state index is 12.9.